The van der Waals surface area contributed by atoms with Crippen LogP contribution in [0.2, 0.25) is 10.0 Å². The summed E-state index contributed by atoms with van der Waals surface area (Å²) in [6.07, 6.45) is 0. The van der Waals surface area contributed by atoms with Crippen molar-refractivity contribution in [1.82, 2.24) is 10.2 Å². The number of nitrogens with zero attached hydrogens (tertiary/aromatic N) is 1. The molecular weight excluding hydrogens is 371 g/mol. The lowest BCUT2D eigenvalue weighted by Crippen LogP contribution is -2.45. The highest BCUT2D eigenvalue weighted by atomic mass is 35.5. The fraction of sp³-hybridized carbons (Fsp3) is 0.400. The van der Waals surface area contributed by atoms with Gasteiger partial charge in [0, 0.05) is 47.4 Å². The molecule has 2 aromatic rings. The first-order valence-electron chi connectivity index (χ1n) is 8.84. The maximum Gasteiger partial charge on any atom is 0.124 e. The minimum absolute atomic E-state index is 0.0500. The number of hydrogen-bond acceptors (Lipinski definition) is 4. The molecule has 3 rings (SSSR count). The topological polar surface area (TPSA) is 33.7 Å². The van der Waals surface area contributed by atoms with Gasteiger partial charge >= 0.3 is 0 Å². The van der Waals surface area contributed by atoms with Crippen LogP contribution in [0.4, 0.5) is 0 Å². The van der Waals surface area contributed by atoms with E-state index in [4.69, 9.17) is 32.7 Å². The predicted octanol–water partition coefficient (Wildman–Crippen LogP) is 4.40. The molecule has 0 bridgehead atoms. The Morgan fingerprint density at radius 3 is 2.15 bits per heavy atom. The number of methoxy groups -OCH3 is 1. The van der Waals surface area contributed by atoms with Crippen molar-refractivity contribution in [2.45, 2.75) is 13.0 Å². The summed E-state index contributed by atoms with van der Waals surface area (Å²) in [6.45, 7) is 6.28. The average molecular weight is 395 g/mol. The summed E-state index contributed by atoms with van der Waals surface area (Å²) in [5.74, 6) is 1.64. The molecule has 1 atom stereocenters. The summed E-state index contributed by atoms with van der Waals surface area (Å²) in [4.78, 5) is 2.42. The third-order valence-electron chi connectivity index (χ3n) is 4.57. The maximum atomic E-state index is 6.35. The van der Waals surface area contributed by atoms with Gasteiger partial charge in [0.05, 0.1) is 19.8 Å². The van der Waals surface area contributed by atoms with E-state index in [-0.39, 0.29) is 6.04 Å². The SMILES string of the molecule is CCOc1ccc(Cl)cc1C(c1cc(Cl)ccc1OC)N1CCNCC1. The van der Waals surface area contributed by atoms with Gasteiger partial charge in [-0.3, -0.25) is 4.90 Å². The van der Waals surface area contributed by atoms with Crippen molar-refractivity contribution < 1.29 is 9.47 Å². The summed E-state index contributed by atoms with van der Waals surface area (Å²) >= 11 is 12.7. The molecular formula is C20H24Cl2N2O2. The normalized spacial score (nSPS) is 16.3. The van der Waals surface area contributed by atoms with Crippen LogP contribution in [0.25, 0.3) is 0 Å². The van der Waals surface area contributed by atoms with Crippen LogP contribution in [0.3, 0.4) is 0 Å². The smallest absolute Gasteiger partial charge is 0.124 e. The van der Waals surface area contributed by atoms with Gasteiger partial charge in [0.2, 0.25) is 0 Å². The molecule has 1 aliphatic rings. The van der Waals surface area contributed by atoms with Crippen molar-refractivity contribution in [3.63, 3.8) is 0 Å². The van der Waals surface area contributed by atoms with E-state index in [2.05, 4.69) is 10.2 Å². The Labute approximate surface area is 165 Å². The minimum atomic E-state index is -0.0500. The van der Waals surface area contributed by atoms with Gasteiger partial charge in [0.25, 0.3) is 0 Å². The van der Waals surface area contributed by atoms with Crippen LogP contribution in [-0.4, -0.2) is 44.8 Å². The van der Waals surface area contributed by atoms with E-state index in [9.17, 15) is 0 Å². The Bertz CT molecular complexity index is 749. The molecule has 1 saturated heterocycles. The predicted molar refractivity (Wildman–Crippen MR) is 107 cm³/mol. The third kappa shape index (κ3) is 4.26. The molecule has 0 aliphatic carbocycles. The second-order valence-electron chi connectivity index (χ2n) is 6.19. The molecule has 0 amide bonds. The Hall–Kier alpha value is -1.46. The molecule has 0 saturated carbocycles. The van der Waals surface area contributed by atoms with Gasteiger partial charge in [0.1, 0.15) is 11.5 Å². The van der Waals surface area contributed by atoms with Gasteiger partial charge in [-0.25, -0.2) is 0 Å². The molecule has 0 spiro atoms. The number of halogens is 2. The first-order valence-corrected chi connectivity index (χ1v) is 9.60. The molecule has 26 heavy (non-hydrogen) atoms. The second kappa shape index (κ2) is 8.96. The molecule has 2 aromatic carbocycles. The number of piperazine rings is 1. The van der Waals surface area contributed by atoms with Gasteiger partial charge in [-0.15, -0.1) is 0 Å². The van der Waals surface area contributed by atoms with Gasteiger partial charge in [-0.1, -0.05) is 23.2 Å². The van der Waals surface area contributed by atoms with E-state index >= 15 is 0 Å². The minimum Gasteiger partial charge on any atom is -0.496 e. The molecule has 4 nitrogen and oxygen atoms in total. The zero-order valence-corrected chi connectivity index (χ0v) is 16.6. The zero-order valence-electron chi connectivity index (χ0n) is 15.1. The highest BCUT2D eigenvalue weighted by molar-refractivity contribution is 6.31. The quantitative estimate of drug-likeness (QED) is 0.787. The van der Waals surface area contributed by atoms with Crippen molar-refractivity contribution in [3.05, 3.63) is 57.6 Å². The molecule has 1 heterocycles. The van der Waals surface area contributed by atoms with Crippen molar-refractivity contribution >= 4 is 23.2 Å². The van der Waals surface area contributed by atoms with Crippen LogP contribution >= 0.6 is 23.2 Å². The lowest BCUT2D eigenvalue weighted by atomic mass is 9.94. The van der Waals surface area contributed by atoms with E-state index in [1.54, 1.807) is 7.11 Å². The van der Waals surface area contributed by atoms with E-state index in [0.717, 1.165) is 48.8 Å². The average Bonchev–Trinajstić information content (AvgIpc) is 2.65. The van der Waals surface area contributed by atoms with E-state index in [1.165, 1.54) is 0 Å². The molecule has 0 radical (unpaired) electrons. The Morgan fingerprint density at radius 1 is 1.00 bits per heavy atom. The Balaban J connectivity index is 2.16. The number of benzene rings is 2. The molecule has 1 aliphatic heterocycles. The van der Waals surface area contributed by atoms with Gasteiger partial charge in [0.15, 0.2) is 0 Å². The first kappa shape index (κ1) is 19.3. The number of rotatable bonds is 6. The summed E-state index contributed by atoms with van der Waals surface area (Å²) in [7, 11) is 1.68. The zero-order chi connectivity index (χ0) is 18.5. The van der Waals surface area contributed by atoms with Crippen LogP contribution in [-0.2, 0) is 0 Å². The van der Waals surface area contributed by atoms with Crippen molar-refractivity contribution in [1.29, 1.82) is 0 Å². The number of nitrogens with one attached hydrogen (secondary N) is 1. The van der Waals surface area contributed by atoms with Crippen LogP contribution in [0, 0.1) is 0 Å². The molecule has 1 N–H and O–H groups in total. The van der Waals surface area contributed by atoms with Crippen molar-refractivity contribution in [3.8, 4) is 11.5 Å². The van der Waals surface area contributed by atoms with E-state index in [1.807, 2.05) is 43.3 Å². The standard InChI is InChI=1S/C20H24Cl2N2O2/c1-3-26-19-7-5-15(22)13-17(19)20(24-10-8-23-9-11-24)16-12-14(21)4-6-18(16)25-2/h4-7,12-13,20,23H,3,8-11H2,1-2H3. The molecule has 0 aromatic heterocycles. The molecule has 6 heteroatoms. The van der Waals surface area contributed by atoms with Gasteiger partial charge < -0.3 is 14.8 Å². The lowest BCUT2D eigenvalue weighted by molar-refractivity contribution is 0.191. The summed E-state index contributed by atoms with van der Waals surface area (Å²) < 4.78 is 11.6. The largest absolute Gasteiger partial charge is 0.496 e. The number of ether oxygens (including phenoxy) is 2. The van der Waals surface area contributed by atoms with Crippen LogP contribution in [0.15, 0.2) is 36.4 Å². The van der Waals surface area contributed by atoms with Crippen molar-refractivity contribution in [2.24, 2.45) is 0 Å². The fourth-order valence-electron chi connectivity index (χ4n) is 3.44. The highest BCUT2D eigenvalue weighted by Gasteiger charge is 2.29. The fourth-order valence-corrected chi connectivity index (χ4v) is 3.80. The van der Waals surface area contributed by atoms with Crippen LogP contribution in [0.1, 0.15) is 24.1 Å². The second-order valence-corrected chi connectivity index (χ2v) is 7.06. The third-order valence-corrected chi connectivity index (χ3v) is 5.04. The van der Waals surface area contributed by atoms with Gasteiger partial charge in [-0.05, 0) is 43.3 Å². The summed E-state index contributed by atoms with van der Waals surface area (Å²) in [5, 5.41) is 4.77. The number of hydrogen-bond donors (Lipinski definition) is 1. The summed E-state index contributed by atoms with van der Waals surface area (Å²) in [6, 6.07) is 11.5. The highest BCUT2D eigenvalue weighted by Crippen LogP contribution is 2.41. The van der Waals surface area contributed by atoms with E-state index in [0.29, 0.717) is 16.7 Å². The van der Waals surface area contributed by atoms with Gasteiger partial charge in [-0.2, -0.15) is 0 Å². The maximum absolute atomic E-state index is 6.35. The lowest BCUT2D eigenvalue weighted by Gasteiger charge is -2.36. The monoisotopic (exact) mass is 394 g/mol. The molecule has 1 fully saturated rings. The van der Waals surface area contributed by atoms with Crippen LogP contribution in [0.5, 0.6) is 11.5 Å². The van der Waals surface area contributed by atoms with Crippen molar-refractivity contribution in [2.75, 3.05) is 39.9 Å². The summed E-state index contributed by atoms with van der Waals surface area (Å²) in [5.41, 5.74) is 2.05. The molecule has 1 unspecified atom stereocenters. The van der Waals surface area contributed by atoms with Crippen LogP contribution < -0.4 is 14.8 Å². The Morgan fingerprint density at radius 2 is 1.58 bits per heavy atom. The Kier molecular flexibility index (Phi) is 6.65. The molecule has 140 valence electrons. The first-order chi connectivity index (χ1) is 12.6. The van der Waals surface area contributed by atoms with E-state index < -0.39 is 0 Å².